The van der Waals surface area contributed by atoms with Crippen molar-refractivity contribution in [1.29, 1.82) is 0 Å². The molecule has 0 aliphatic carbocycles. The van der Waals surface area contributed by atoms with E-state index in [9.17, 15) is 26.4 Å². The summed E-state index contributed by atoms with van der Waals surface area (Å²) in [5.41, 5.74) is 1.57. The molecule has 0 saturated heterocycles. The van der Waals surface area contributed by atoms with E-state index in [1.807, 2.05) is 32.0 Å². The number of nitrogens with zero attached hydrogens (tertiary/aromatic N) is 1. The van der Waals surface area contributed by atoms with Crippen molar-refractivity contribution in [3.05, 3.63) is 63.7 Å². The van der Waals surface area contributed by atoms with E-state index >= 15 is 0 Å². The lowest BCUT2D eigenvalue weighted by Crippen LogP contribution is -2.47. The van der Waals surface area contributed by atoms with Crippen molar-refractivity contribution < 1.29 is 26.4 Å². The molecular weight excluding hydrogens is 465 g/mol. The maximum absolute atomic E-state index is 13.3. The van der Waals surface area contributed by atoms with Crippen LogP contribution < -0.4 is 9.62 Å². The first-order valence-corrected chi connectivity index (χ1v) is 12.3. The fraction of sp³-hybridized carbons (Fsp3) is 0.409. The van der Waals surface area contributed by atoms with Gasteiger partial charge >= 0.3 is 6.18 Å². The smallest absolute Gasteiger partial charge is 0.350 e. The van der Waals surface area contributed by atoms with E-state index in [4.69, 9.17) is 11.6 Å². The van der Waals surface area contributed by atoms with Crippen LogP contribution in [0.4, 0.5) is 18.9 Å². The van der Waals surface area contributed by atoms with E-state index in [0.717, 1.165) is 47.9 Å². The summed E-state index contributed by atoms with van der Waals surface area (Å²) >= 11 is 5.65. The number of halogens is 4. The van der Waals surface area contributed by atoms with Gasteiger partial charge in [-0.2, -0.15) is 13.2 Å². The number of carbonyl (C=O) groups excluding carboxylic acids is 1. The minimum absolute atomic E-state index is 0.173. The lowest BCUT2D eigenvalue weighted by molar-refractivity contribution is -0.137. The topological polar surface area (TPSA) is 66.5 Å². The molecule has 0 radical (unpaired) electrons. The Hall–Kier alpha value is -2.26. The van der Waals surface area contributed by atoms with Crippen LogP contribution in [0.15, 0.2) is 36.4 Å². The second-order valence-electron chi connectivity index (χ2n) is 7.42. The second-order valence-corrected chi connectivity index (χ2v) is 9.69. The molecule has 2 aromatic carbocycles. The molecule has 0 bridgehead atoms. The van der Waals surface area contributed by atoms with Crippen molar-refractivity contribution in [3.8, 4) is 0 Å². The van der Waals surface area contributed by atoms with Gasteiger partial charge in [0.1, 0.15) is 6.04 Å². The number of anilines is 1. The van der Waals surface area contributed by atoms with Gasteiger partial charge in [-0.15, -0.1) is 0 Å². The van der Waals surface area contributed by atoms with Gasteiger partial charge in [-0.05, 0) is 54.7 Å². The summed E-state index contributed by atoms with van der Waals surface area (Å²) in [5, 5.41) is 2.15. The number of alkyl halides is 3. The van der Waals surface area contributed by atoms with Gasteiger partial charge in [-0.1, -0.05) is 43.6 Å². The van der Waals surface area contributed by atoms with Crippen molar-refractivity contribution in [2.75, 3.05) is 10.6 Å². The van der Waals surface area contributed by atoms with E-state index in [-0.39, 0.29) is 12.2 Å². The highest BCUT2D eigenvalue weighted by atomic mass is 35.5. The third-order valence-electron chi connectivity index (χ3n) is 5.11. The Morgan fingerprint density at radius 2 is 1.75 bits per heavy atom. The van der Waals surface area contributed by atoms with Crippen molar-refractivity contribution in [1.82, 2.24) is 5.32 Å². The first-order chi connectivity index (χ1) is 14.8. The van der Waals surface area contributed by atoms with Crippen LogP contribution >= 0.6 is 11.6 Å². The molecule has 2 rings (SSSR count). The van der Waals surface area contributed by atoms with Crippen molar-refractivity contribution in [3.63, 3.8) is 0 Å². The number of aryl methyl sites for hydroxylation is 2. The first-order valence-electron chi connectivity index (χ1n) is 10.0. The Morgan fingerprint density at radius 1 is 1.09 bits per heavy atom. The van der Waals surface area contributed by atoms with Gasteiger partial charge in [0.25, 0.3) is 0 Å². The highest BCUT2D eigenvalue weighted by Gasteiger charge is 2.36. The molecule has 5 nitrogen and oxygen atoms in total. The zero-order chi connectivity index (χ0) is 24.3. The molecule has 32 heavy (non-hydrogen) atoms. The van der Waals surface area contributed by atoms with Gasteiger partial charge in [0.15, 0.2) is 0 Å². The predicted molar refractivity (Wildman–Crippen MR) is 120 cm³/mol. The summed E-state index contributed by atoms with van der Waals surface area (Å²) in [4.78, 5) is 12.8. The number of carbonyl (C=O) groups is 1. The van der Waals surface area contributed by atoms with Crippen LogP contribution in [0, 0.1) is 0 Å². The average molecular weight is 491 g/mol. The SMILES string of the molecule is CCc1ccc(CC)c(CNC(=O)[C@@H](C)N(c2ccc(Cl)c(C(F)(F)F)c2)S(C)(=O)=O)c1. The van der Waals surface area contributed by atoms with Crippen LogP contribution in [0.5, 0.6) is 0 Å². The van der Waals surface area contributed by atoms with Gasteiger partial charge in [0.2, 0.25) is 15.9 Å². The number of amides is 1. The predicted octanol–water partition coefficient (Wildman–Crippen LogP) is 4.95. The maximum atomic E-state index is 13.3. The summed E-state index contributed by atoms with van der Waals surface area (Å²) in [6.45, 7) is 5.49. The van der Waals surface area contributed by atoms with E-state index in [0.29, 0.717) is 10.4 Å². The van der Waals surface area contributed by atoms with Crippen molar-refractivity contribution in [2.45, 2.75) is 52.4 Å². The largest absolute Gasteiger partial charge is 0.417 e. The highest BCUT2D eigenvalue weighted by Crippen LogP contribution is 2.37. The Kier molecular flexibility index (Phi) is 8.22. The molecule has 0 spiro atoms. The number of nitrogens with one attached hydrogen (secondary N) is 1. The molecule has 1 N–H and O–H groups in total. The van der Waals surface area contributed by atoms with Gasteiger partial charge in [0, 0.05) is 6.54 Å². The zero-order valence-electron chi connectivity index (χ0n) is 18.3. The Labute approximate surface area is 191 Å². The molecule has 176 valence electrons. The molecule has 0 aromatic heterocycles. The van der Waals surface area contributed by atoms with Crippen LogP contribution in [0.3, 0.4) is 0 Å². The monoisotopic (exact) mass is 490 g/mol. The van der Waals surface area contributed by atoms with Crippen LogP contribution in [0.2, 0.25) is 5.02 Å². The lowest BCUT2D eigenvalue weighted by atomic mass is 10.0. The maximum Gasteiger partial charge on any atom is 0.417 e. The normalized spacial score (nSPS) is 13.0. The van der Waals surface area contributed by atoms with E-state index in [2.05, 4.69) is 5.32 Å². The Balaban J connectivity index is 2.34. The van der Waals surface area contributed by atoms with E-state index < -0.39 is 38.7 Å². The second kappa shape index (κ2) is 10.1. The molecule has 1 amide bonds. The molecular formula is C22H26ClF3N2O3S. The fourth-order valence-corrected chi connectivity index (χ4v) is 4.81. The Morgan fingerprint density at radius 3 is 2.28 bits per heavy atom. The minimum atomic E-state index is -4.78. The van der Waals surface area contributed by atoms with Gasteiger partial charge in [-0.25, -0.2) is 8.42 Å². The van der Waals surface area contributed by atoms with Crippen molar-refractivity contribution >= 4 is 33.2 Å². The van der Waals surface area contributed by atoms with Crippen molar-refractivity contribution in [2.24, 2.45) is 0 Å². The summed E-state index contributed by atoms with van der Waals surface area (Å²) in [6, 6.07) is 7.43. The van der Waals surface area contributed by atoms with E-state index in [1.54, 1.807) is 0 Å². The van der Waals surface area contributed by atoms with Crippen LogP contribution in [0.25, 0.3) is 0 Å². The van der Waals surface area contributed by atoms with Crippen LogP contribution in [0.1, 0.15) is 43.0 Å². The average Bonchev–Trinajstić information content (AvgIpc) is 2.71. The standard InChI is InChI=1S/C22H26ClF3N2O3S/c1-5-15-7-8-16(6-2)17(11-15)13-27-21(29)14(3)28(32(4,30)31)18-9-10-20(23)19(12-18)22(24,25)26/h7-12,14H,5-6,13H2,1-4H3,(H,27,29)/t14-/m1/s1. The van der Waals surface area contributed by atoms with Crippen LogP contribution in [-0.4, -0.2) is 26.6 Å². The van der Waals surface area contributed by atoms with E-state index in [1.165, 1.54) is 6.92 Å². The number of sulfonamides is 1. The number of hydrogen-bond acceptors (Lipinski definition) is 3. The fourth-order valence-electron chi connectivity index (χ4n) is 3.42. The van der Waals surface area contributed by atoms with Gasteiger partial charge in [-0.3, -0.25) is 9.10 Å². The third kappa shape index (κ3) is 6.16. The molecule has 0 saturated carbocycles. The minimum Gasteiger partial charge on any atom is -0.350 e. The lowest BCUT2D eigenvalue weighted by Gasteiger charge is -2.29. The van der Waals surface area contributed by atoms with Gasteiger partial charge in [0.05, 0.1) is 22.5 Å². The first kappa shape index (κ1) is 26.0. The van der Waals surface area contributed by atoms with Crippen LogP contribution in [-0.2, 0) is 40.4 Å². The molecule has 0 unspecified atom stereocenters. The molecule has 0 aliphatic rings. The summed E-state index contributed by atoms with van der Waals surface area (Å²) in [5.74, 6) is -0.636. The zero-order valence-corrected chi connectivity index (χ0v) is 19.8. The number of benzene rings is 2. The quantitative estimate of drug-likeness (QED) is 0.569. The molecule has 1 atom stereocenters. The number of rotatable bonds is 8. The molecule has 0 aliphatic heterocycles. The molecule has 0 fully saturated rings. The summed E-state index contributed by atoms with van der Waals surface area (Å²) in [6.07, 6.45) is -2.37. The molecule has 2 aromatic rings. The Bertz CT molecular complexity index is 1090. The molecule has 0 heterocycles. The van der Waals surface area contributed by atoms with Gasteiger partial charge < -0.3 is 5.32 Å². The molecule has 10 heteroatoms. The third-order valence-corrected chi connectivity index (χ3v) is 6.68. The summed E-state index contributed by atoms with van der Waals surface area (Å²) < 4.78 is 65.3. The summed E-state index contributed by atoms with van der Waals surface area (Å²) in [7, 11) is -4.08. The number of hydrogen-bond donors (Lipinski definition) is 1. The highest BCUT2D eigenvalue weighted by molar-refractivity contribution is 7.92.